The van der Waals surface area contributed by atoms with Crippen molar-refractivity contribution in [1.82, 2.24) is 30.8 Å². The number of hydrogen-bond donors (Lipinski definition) is 2. The Kier molecular flexibility index (Phi) is 4.63. The fraction of sp³-hybridized carbons (Fsp3) is 0.818. The number of rotatable bonds is 6. The lowest BCUT2D eigenvalue weighted by molar-refractivity contribution is 0.0727. The molecular weight excluding hydrogens is 232 g/mol. The molecule has 1 aliphatic heterocycles. The molecule has 0 aliphatic carbocycles. The number of amides is 1. The fourth-order valence-corrected chi connectivity index (χ4v) is 2.20. The molecule has 0 spiro atoms. The number of unbranched alkanes of at least 4 members (excludes halogenated alkanes) is 1. The number of carbonyl (C=O) groups is 1. The topological polar surface area (TPSA) is 86.8 Å². The minimum Gasteiger partial charge on any atom is -0.334 e. The van der Waals surface area contributed by atoms with Gasteiger partial charge in [-0.15, -0.1) is 10.2 Å². The number of aromatic amines is 1. The molecule has 7 heteroatoms. The highest BCUT2D eigenvalue weighted by atomic mass is 16.2. The Hall–Kier alpha value is -1.50. The molecular formula is C11H20N6O. The molecule has 1 unspecified atom stereocenters. The zero-order valence-electron chi connectivity index (χ0n) is 10.7. The number of carbonyl (C=O) groups excluding carboxylic acids is 1. The average molecular weight is 252 g/mol. The second kappa shape index (κ2) is 6.44. The Morgan fingerprint density at radius 3 is 3.06 bits per heavy atom. The number of nitrogens with one attached hydrogen (secondary N) is 2. The Morgan fingerprint density at radius 2 is 2.44 bits per heavy atom. The van der Waals surface area contributed by atoms with Crippen LogP contribution in [0.15, 0.2) is 0 Å². The van der Waals surface area contributed by atoms with Crippen molar-refractivity contribution < 1.29 is 4.79 Å². The van der Waals surface area contributed by atoms with Crippen LogP contribution in [0.25, 0.3) is 0 Å². The van der Waals surface area contributed by atoms with Crippen LogP contribution in [-0.2, 0) is 0 Å². The Balaban J connectivity index is 1.96. The molecule has 18 heavy (non-hydrogen) atoms. The molecule has 1 atom stereocenters. The van der Waals surface area contributed by atoms with Crippen molar-refractivity contribution >= 4 is 5.91 Å². The van der Waals surface area contributed by atoms with E-state index in [2.05, 4.69) is 32.9 Å². The quantitative estimate of drug-likeness (QED) is 0.755. The molecule has 100 valence electrons. The smallest absolute Gasteiger partial charge is 0.295 e. The van der Waals surface area contributed by atoms with Crippen LogP contribution >= 0.6 is 0 Å². The van der Waals surface area contributed by atoms with Gasteiger partial charge in [-0.1, -0.05) is 13.3 Å². The van der Waals surface area contributed by atoms with E-state index in [-0.39, 0.29) is 11.7 Å². The maximum Gasteiger partial charge on any atom is 0.295 e. The number of tetrazole rings is 1. The van der Waals surface area contributed by atoms with Crippen molar-refractivity contribution in [3.05, 3.63) is 5.82 Å². The van der Waals surface area contributed by atoms with Gasteiger partial charge in [0.1, 0.15) is 0 Å². The molecule has 2 rings (SSSR count). The molecule has 1 amide bonds. The van der Waals surface area contributed by atoms with Gasteiger partial charge in [0.15, 0.2) is 0 Å². The average Bonchev–Trinajstić information content (AvgIpc) is 3.06. The van der Waals surface area contributed by atoms with E-state index in [1.165, 1.54) is 6.42 Å². The normalized spacial score (nSPS) is 19.1. The number of aromatic nitrogens is 4. The first-order valence-electron chi connectivity index (χ1n) is 6.57. The molecule has 0 bridgehead atoms. The number of H-pyrrole nitrogens is 1. The molecule has 0 aromatic carbocycles. The van der Waals surface area contributed by atoms with Crippen molar-refractivity contribution in [3.63, 3.8) is 0 Å². The number of nitrogens with zero attached hydrogens (tertiary/aromatic N) is 4. The van der Waals surface area contributed by atoms with E-state index in [9.17, 15) is 4.79 Å². The third-order valence-corrected chi connectivity index (χ3v) is 3.21. The van der Waals surface area contributed by atoms with Gasteiger partial charge < -0.3 is 10.2 Å². The summed E-state index contributed by atoms with van der Waals surface area (Å²) in [4.78, 5) is 14.0. The predicted molar refractivity (Wildman–Crippen MR) is 66.0 cm³/mol. The lowest BCUT2D eigenvalue weighted by Crippen LogP contribution is -2.42. The molecule has 0 radical (unpaired) electrons. The molecule has 1 aromatic heterocycles. The van der Waals surface area contributed by atoms with Crippen molar-refractivity contribution in [2.75, 3.05) is 19.6 Å². The third-order valence-electron chi connectivity index (χ3n) is 3.21. The van der Waals surface area contributed by atoms with Gasteiger partial charge in [0, 0.05) is 19.1 Å². The fourth-order valence-electron chi connectivity index (χ4n) is 2.20. The van der Waals surface area contributed by atoms with Gasteiger partial charge in [0.25, 0.3) is 11.7 Å². The van der Waals surface area contributed by atoms with Crippen molar-refractivity contribution in [2.24, 2.45) is 0 Å². The van der Waals surface area contributed by atoms with Gasteiger partial charge >= 0.3 is 0 Å². The summed E-state index contributed by atoms with van der Waals surface area (Å²) in [6.45, 7) is 4.64. The van der Waals surface area contributed by atoms with Crippen LogP contribution in [0.2, 0.25) is 0 Å². The SMILES string of the molecule is CCCCN(CC1CCCN1)C(=O)c1nn[nH]n1. The summed E-state index contributed by atoms with van der Waals surface area (Å²) in [5.74, 6) is 0.0231. The summed E-state index contributed by atoms with van der Waals surface area (Å²) in [6.07, 6.45) is 4.37. The highest BCUT2D eigenvalue weighted by molar-refractivity contribution is 5.90. The maximum absolute atomic E-state index is 12.2. The van der Waals surface area contributed by atoms with E-state index in [1.54, 1.807) is 0 Å². The molecule has 2 heterocycles. The van der Waals surface area contributed by atoms with E-state index in [0.717, 1.165) is 38.9 Å². The van der Waals surface area contributed by atoms with Crippen LogP contribution in [0.3, 0.4) is 0 Å². The van der Waals surface area contributed by atoms with E-state index in [1.807, 2.05) is 4.90 Å². The van der Waals surface area contributed by atoms with Crippen LogP contribution in [0, 0.1) is 0 Å². The standard InChI is InChI=1S/C11H20N6O/c1-2-3-7-17(8-9-5-4-6-12-9)11(18)10-13-15-16-14-10/h9,12H,2-8H2,1H3,(H,13,14,15,16). The zero-order valence-corrected chi connectivity index (χ0v) is 10.7. The minimum atomic E-state index is -0.133. The molecule has 7 nitrogen and oxygen atoms in total. The van der Waals surface area contributed by atoms with Crippen molar-refractivity contribution in [2.45, 2.75) is 38.6 Å². The molecule has 1 aromatic rings. The largest absolute Gasteiger partial charge is 0.334 e. The van der Waals surface area contributed by atoms with Crippen LogP contribution in [0.5, 0.6) is 0 Å². The van der Waals surface area contributed by atoms with Crippen LogP contribution < -0.4 is 5.32 Å². The van der Waals surface area contributed by atoms with Gasteiger partial charge in [-0.3, -0.25) is 4.79 Å². The zero-order chi connectivity index (χ0) is 12.8. The minimum absolute atomic E-state index is 0.133. The van der Waals surface area contributed by atoms with E-state index >= 15 is 0 Å². The van der Waals surface area contributed by atoms with Crippen LogP contribution in [0.4, 0.5) is 0 Å². The molecule has 1 fully saturated rings. The second-order valence-corrected chi connectivity index (χ2v) is 4.63. The molecule has 2 N–H and O–H groups in total. The van der Waals surface area contributed by atoms with Crippen molar-refractivity contribution in [3.8, 4) is 0 Å². The predicted octanol–water partition coefficient (Wildman–Crippen LogP) is 0.194. The first-order valence-corrected chi connectivity index (χ1v) is 6.57. The van der Waals surface area contributed by atoms with Gasteiger partial charge in [0.05, 0.1) is 0 Å². The number of hydrogen-bond acceptors (Lipinski definition) is 5. The lowest BCUT2D eigenvalue weighted by Gasteiger charge is -2.24. The highest BCUT2D eigenvalue weighted by Crippen LogP contribution is 2.09. The Morgan fingerprint density at radius 1 is 1.56 bits per heavy atom. The van der Waals surface area contributed by atoms with Gasteiger partial charge in [-0.05, 0) is 31.0 Å². The third kappa shape index (κ3) is 3.25. The van der Waals surface area contributed by atoms with Gasteiger partial charge in [0.2, 0.25) is 0 Å². The van der Waals surface area contributed by atoms with E-state index < -0.39 is 0 Å². The Bertz CT molecular complexity index is 360. The monoisotopic (exact) mass is 252 g/mol. The van der Waals surface area contributed by atoms with E-state index in [0.29, 0.717) is 6.04 Å². The van der Waals surface area contributed by atoms with Crippen LogP contribution in [0.1, 0.15) is 43.2 Å². The highest BCUT2D eigenvalue weighted by Gasteiger charge is 2.24. The van der Waals surface area contributed by atoms with Gasteiger partial charge in [-0.25, -0.2) is 0 Å². The summed E-state index contributed by atoms with van der Waals surface area (Å²) in [5.41, 5.74) is 0. The molecule has 1 aliphatic rings. The molecule has 0 saturated carbocycles. The van der Waals surface area contributed by atoms with Crippen LogP contribution in [-0.4, -0.2) is 57.1 Å². The maximum atomic E-state index is 12.2. The Labute approximate surface area is 106 Å². The second-order valence-electron chi connectivity index (χ2n) is 4.63. The van der Waals surface area contributed by atoms with E-state index in [4.69, 9.17) is 0 Å². The first-order chi connectivity index (χ1) is 8.81. The lowest BCUT2D eigenvalue weighted by atomic mass is 10.2. The summed E-state index contributed by atoms with van der Waals surface area (Å²) in [5, 5.41) is 16.7. The summed E-state index contributed by atoms with van der Waals surface area (Å²) >= 11 is 0. The van der Waals surface area contributed by atoms with Crippen molar-refractivity contribution in [1.29, 1.82) is 0 Å². The first kappa shape index (κ1) is 12.9. The summed E-state index contributed by atoms with van der Waals surface area (Å²) < 4.78 is 0. The summed E-state index contributed by atoms with van der Waals surface area (Å²) in [7, 11) is 0. The van der Waals surface area contributed by atoms with Gasteiger partial charge in [-0.2, -0.15) is 5.21 Å². The summed E-state index contributed by atoms with van der Waals surface area (Å²) in [6, 6.07) is 0.401. The molecule has 1 saturated heterocycles.